The van der Waals surface area contributed by atoms with Gasteiger partial charge in [-0.25, -0.2) is 0 Å². The van der Waals surface area contributed by atoms with Gasteiger partial charge in [0.25, 0.3) is 0 Å². The molecule has 1 amide bonds. The molecule has 2 saturated carbocycles. The number of benzene rings is 1. The van der Waals surface area contributed by atoms with Crippen LogP contribution in [0.1, 0.15) is 19.3 Å². The van der Waals surface area contributed by atoms with Crippen molar-refractivity contribution < 1.29 is 14.7 Å². The zero-order valence-corrected chi connectivity index (χ0v) is 12.5. The van der Waals surface area contributed by atoms with Crippen LogP contribution in [0.15, 0.2) is 28.7 Å². The van der Waals surface area contributed by atoms with Gasteiger partial charge in [0, 0.05) is 10.2 Å². The van der Waals surface area contributed by atoms with Gasteiger partial charge in [-0.1, -0.05) is 15.9 Å². The molecule has 20 heavy (non-hydrogen) atoms. The van der Waals surface area contributed by atoms with Crippen molar-refractivity contribution >= 4 is 33.5 Å². The highest BCUT2D eigenvalue weighted by molar-refractivity contribution is 9.10. The fourth-order valence-corrected chi connectivity index (χ4v) is 4.05. The normalized spacial score (nSPS) is 31.2. The second kappa shape index (κ2) is 5.20. The first-order chi connectivity index (χ1) is 9.56. The number of halogens is 1. The van der Waals surface area contributed by atoms with E-state index >= 15 is 0 Å². The number of carboxylic acids is 1. The Bertz CT molecular complexity index is 543. The molecular formula is C15H16BrNO3. The molecule has 0 aromatic heterocycles. The Morgan fingerprint density at radius 1 is 1.10 bits per heavy atom. The van der Waals surface area contributed by atoms with Crippen LogP contribution in [0.4, 0.5) is 5.69 Å². The molecule has 2 fully saturated rings. The van der Waals surface area contributed by atoms with Crippen molar-refractivity contribution in [1.82, 2.24) is 0 Å². The number of aliphatic carboxylic acids is 1. The van der Waals surface area contributed by atoms with E-state index in [0.717, 1.165) is 23.7 Å². The van der Waals surface area contributed by atoms with Crippen molar-refractivity contribution in [3.05, 3.63) is 28.7 Å². The monoisotopic (exact) mass is 337 g/mol. The minimum atomic E-state index is -0.826. The van der Waals surface area contributed by atoms with Crippen LogP contribution < -0.4 is 5.32 Å². The Morgan fingerprint density at radius 2 is 1.70 bits per heavy atom. The van der Waals surface area contributed by atoms with Crippen LogP contribution >= 0.6 is 15.9 Å². The zero-order chi connectivity index (χ0) is 14.3. The van der Waals surface area contributed by atoms with Crippen molar-refractivity contribution in [2.75, 3.05) is 5.32 Å². The Labute approximate surface area is 125 Å². The van der Waals surface area contributed by atoms with E-state index in [4.69, 9.17) is 0 Å². The third-order valence-electron chi connectivity index (χ3n) is 4.62. The highest BCUT2D eigenvalue weighted by atomic mass is 79.9. The standard InChI is InChI=1S/C15H16BrNO3/c16-10-3-5-11(6-4-10)17-14(18)12-8-1-2-9(7-8)13(12)15(19)20/h3-6,8-9,12-13H,1-2,7H2,(H,17,18)(H,19,20)/t8-,9-,12-,13-/m0/s1. The lowest BCUT2D eigenvalue weighted by Crippen LogP contribution is -2.37. The topological polar surface area (TPSA) is 66.4 Å². The second-order valence-corrected chi connectivity index (χ2v) is 6.63. The quantitative estimate of drug-likeness (QED) is 0.890. The summed E-state index contributed by atoms with van der Waals surface area (Å²) in [5.74, 6) is -1.45. The first-order valence-electron chi connectivity index (χ1n) is 6.85. The van der Waals surface area contributed by atoms with Crippen LogP contribution in [-0.2, 0) is 9.59 Å². The molecule has 0 aliphatic heterocycles. The van der Waals surface area contributed by atoms with E-state index in [1.54, 1.807) is 0 Å². The van der Waals surface area contributed by atoms with E-state index < -0.39 is 11.9 Å². The van der Waals surface area contributed by atoms with Gasteiger partial charge in [0.05, 0.1) is 11.8 Å². The average molecular weight is 338 g/mol. The number of amides is 1. The summed E-state index contributed by atoms with van der Waals surface area (Å²) in [5, 5.41) is 12.2. The highest BCUT2D eigenvalue weighted by Crippen LogP contribution is 2.52. The fourth-order valence-electron chi connectivity index (χ4n) is 3.78. The van der Waals surface area contributed by atoms with E-state index in [1.165, 1.54) is 0 Å². The minimum absolute atomic E-state index is 0.146. The van der Waals surface area contributed by atoms with Crippen molar-refractivity contribution in [2.45, 2.75) is 19.3 Å². The fraction of sp³-hybridized carbons (Fsp3) is 0.467. The molecular weight excluding hydrogens is 322 g/mol. The average Bonchev–Trinajstić information content (AvgIpc) is 3.01. The van der Waals surface area contributed by atoms with Crippen molar-refractivity contribution in [1.29, 1.82) is 0 Å². The Hall–Kier alpha value is -1.36. The van der Waals surface area contributed by atoms with E-state index in [-0.39, 0.29) is 23.7 Å². The maximum Gasteiger partial charge on any atom is 0.307 e. The van der Waals surface area contributed by atoms with Crippen molar-refractivity contribution in [2.24, 2.45) is 23.7 Å². The van der Waals surface area contributed by atoms with Crippen molar-refractivity contribution in [3.63, 3.8) is 0 Å². The van der Waals surface area contributed by atoms with Crippen LogP contribution in [0.25, 0.3) is 0 Å². The van der Waals surface area contributed by atoms with Crippen molar-refractivity contribution in [3.8, 4) is 0 Å². The molecule has 0 saturated heterocycles. The molecule has 2 aliphatic carbocycles. The van der Waals surface area contributed by atoms with Gasteiger partial charge < -0.3 is 10.4 Å². The molecule has 2 bridgehead atoms. The lowest BCUT2D eigenvalue weighted by Gasteiger charge is -2.27. The molecule has 1 aromatic rings. The van der Waals surface area contributed by atoms with Gasteiger partial charge in [0.15, 0.2) is 0 Å². The molecule has 106 valence electrons. The number of nitrogens with one attached hydrogen (secondary N) is 1. The molecule has 1 aromatic carbocycles. The summed E-state index contributed by atoms with van der Waals surface area (Å²) >= 11 is 3.34. The summed E-state index contributed by atoms with van der Waals surface area (Å²) in [6.07, 6.45) is 2.81. The number of hydrogen-bond acceptors (Lipinski definition) is 2. The predicted molar refractivity (Wildman–Crippen MR) is 78.2 cm³/mol. The van der Waals surface area contributed by atoms with Gasteiger partial charge in [-0.15, -0.1) is 0 Å². The molecule has 0 heterocycles. The van der Waals surface area contributed by atoms with Gasteiger partial charge in [-0.2, -0.15) is 0 Å². The SMILES string of the molecule is O=C(O)[C@H]1[C@H]2CC[C@@H](C2)[C@@H]1C(=O)Nc1ccc(Br)cc1. The Balaban J connectivity index is 1.76. The molecule has 5 heteroatoms. The summed E-state index contributed by atoms with van der Waals surface area (Å²) in [5.41, 5.74) is 0.713. The summed E-state index contributed by atoms with van der Waals surface area (Å²) in [6, 6.07) is 7.33. The molecule has 2 N–H and O–H groups in total. The van der Waals surface area contributed by atoms with Gasteiger partial charge in [0.1, 0.15) is 0 Å². The lowest BCUT2D eigenvalue weighted by atomic mass is 9.78. The summed E-state index contributed by atoms with van der Waals surface area (Å²) < 4.78 is 0.943. The molecule has 0 radical (unpaired) electrons. The molecule has 4 nitrogen and oxygen atoms in total. The number of fused-ring (bicyclic) bond motifs is 2. The number of rotatable bonds is 3. The summed E-state index contributed by atoms with van der Waals surface area (Å²) in [4.78, 5) is 23.8. The maximum atomic E-state index is 12.4. The van der Waals surface area contributed by atoms with E-state index in [2.05, 4.69) is 21.2 Å². The number of carboxylic acid groups (broad SMARTS) is 1. The zero-order valence-electron chi connectivity index (χ0n) is 10.9. The van der Waals surface area contributed by atoms with Crippen LogP contribution in [-0.4, -0.2) is 17.0 Å². The van der Waals surface area contributed by atoms with Gasteiger partial charge in [0.2, 0.25) is 5.91 Å². The lowest BCUT2D eigenvalue weighted by molar-refractivity contribution is -0.148. The third kappa shape index (κ3) is 2.35. The van der Waals surface area contributed by atoms with E-state index in [1.807, 2.05) is 24.3 Å². The Morgan fingerprint density at radius 3 is 2.30 bits per heavy atom. The van der Waals surface area contributed by atoms with E-state index in [0.29, 0.717) is 5.69 Å². The number of carbonyl (C=O) groups is 2. The number of carbonyl (C=O) groups excluding carboxylic acids is 1. The van der Waals surface area contributed by atoms with Gasteiger partial charge in [-0.05, 0) is 55.4 Å². The molecule has 0 unspecified atom stereocenters. The predicted octanol–water partition coefficient (Wildman–Crippen LogP) is 3.13. The highest BCUT2D eigenvalue weighted by Gasteiger charge is 2.53. The molecule has 2 aliphatic rings. The van der Waals surface area contributed by atoms with Crippen LogP contribution in [0.5, 0.6) is 0 Å². The first kappa shape index (κ1) is 13.6. The molecule has 4 atom stereocenters. The largest absolute Gasteiger partial charge is 0.481 e. The molecule has 3 rings (SSSR count). The van der Waals surface area contributed by atoms with Crippen LogP contribution in [0.2, 0.25) is 0 Å². The second-order valence-electron chi connectivity index (χ2n) is 5.72. The van der Waals surface area contributed by atoms with Crippen LogP contribution in [0.3, 0.4) is 0 Å². The Kier molecular flexibility index (Phi) is 3.54. The minimum Gasteiger partial charge on any atom is -0.481 e. The number of hydrogen-bond donors (Lipinski definition) is 2. The van der Waals surface area contributed by atoms with E-state index in [9.17, 15) is 14.7 Å². The summed E-state index contributed by atoms with van der Waals surface area (Å²) in [7, 11) is 0. The first-order valence-corrected chi connectivity index (χ1v) is 7.65. The number of anilines is 1. The smallest absolute Gasteiger partial charge is 0.307 e. The maximum absolute atomic E-state index is 12.4. The van der Waals surface area contributed by atoms with Gasteiger partial charge >= 0.3 is 5.97 Å². The third-order valence-corrected chi connectivity index (χ3v) is 5.14. The van der Waals surface area contributed by atoms with Gasteiger partial charge in [-0.3, -0.25) is 9.59 Å². The molecule has 0 spiro atoms. The van der Waals surface area contributed by atoms with Crippen LogP contribution in [0, 0.1) is 23.7 Å². The summed E-state index contributed by atoms with van der Waals surface area (Å²) in [6.45, 7) is 0.